The zero-order valence-electron chi connectivity index (χ0n) is 18.3. The van der Waals surface area contributed by atoms with E-state index in [-0.39, 0.29) is 12.0 Å². The second-order valence-corrected chi connectivity index (χ2v) is 9.29. The zero-order chi connectivity index (χ0) is 22.3. The summed E-state index contributed by atoms with van der Waals surface area (Å²) in [5, 5.41) is 0.784. The molecule has 7 heteroatoms. The summed E-state index contributed by atoms with van der Waals surface area (Å²) >= 11 is 3.55. The Labute approximate surface area is 188 Å². The summed E-state index contributed by atoms with van der Waals surface area (Å²) in [5.74, 6) is -0.557. The monoisotopic (exact) mass is 480 g/mol. The number of amides is 1. The number of hydrogen-bond donors (Lipinski definition) is 0. The van der Waals surface area contributed by atoms with Crippen LogP contribution in [0.2, 0.25) is 0 Å². The normalized spacial score (nSPS) is 21.5. The molecule has 0 aromatic heterocycles. The number of methoxy groups -OCH3 is 1. The summed E-state index contributed by atoms with van der Waals surface area (Å²) in [7, 11) is 1.36. The number of likely N-dealkylation sites (tertiary alicyclic amines) is 1. The molecule has 0 radical (unpaired) electrons. The summed E-state index contributed by atoms with van der Waals surface area (Å²) in [5.41, 5.74) is 0.532. The highest BCUT2D eigenvalue weighted by Gasteiger charge is 2.50. The van der Waals surface area contributed by atoms with Crippen molar-refractivity contribution in [2.24, 2.45) is 5.92 Å². The molecular weight excluding hydrogens is 448 g/mol. The van der Waals surface area contributed by atoms with Gasteiger partial charge in [-0.05, 0) is 32.8 Å². The van der Waals surface area contributed by atoms with Gasteiger partial charge >= 0.3 is 12.1 Å². The minimum absolute atomic E-state index is 0.0302. The quantitative estimate of drug-likeness (QED) is 0.316. The second kappa shape index (κ2) is 11.0. The maximum atomic E-state index is 13.0. The van der Waals surface area contributed by atoms with Crippen molar-refractivity contribution in [3.8, 4) is 0 Å². The molecule has 30 heavy (non-hydrogen) atoms. The SMILES string of the molecule is C=CC[C@H]1[C@@H](C(=O)OC)N(C(=O)OC(C)(C)C)C[C@@H]1N(CCBr)Cc1ccccc1. The molecule has 1 aromatic rings. The number of alkyl halides is 1. The molecule has 0 unspecified atom stereocenters. The smallest absolute Gasteiger partial charge is 0.411 e. The van der Waals surface area contributed by atoms with Gasteiger partial charge in [0, 0.05) is 36.9 Å². The van der Waals surface area contributed by atoms with Crippen molar-refractivity contribution in [2.75, 3.05) is 25.5 Å². The van der Waals surface area contributed by atoms with Crippen LogP contribution in [0.25, 0.3) is 0 Å². The van der Waals surface area contributed by atoms with Crippen molar-refractivity contribution < 1.29 is 19.1 Å². The van der Waals surface area contributed by atoms with Crippen LogP contribution in [0.3, 0.4) is 0 Å². The molecule has 3 atom stereocenters. The molecule has 0 bridgehead atoms. The number of allylic oxidation sites excluding steroid dienone is 1. The van der Waals surface area contributed by atoms with E-state index in [1.54, 1.807) is 6.08 Å². The summed E-state index contributed by atoms with van der Waals surface area (Å²) in [4.78, 5) is 29.5. The van der Waals surface area contributed by atoms with Crippen LogP contribution in [0.5, 0.6) is 0 Å². The lowest BCUT2D eigenvalue weighted by molar-refractivity contribution is -0.147. The third kappa shape index (κ3) is 6.32. The molecule has 1 aliphatic rings. The van der Waals surface area contributed by atoms with Crippen molar-refractivity contribution in [3.63, 3.8) is 0 Å². The fourth-order valence-electron chi connectivity index (χ4n) is 3.98. The Balaban J connectivity index is 2.38. The van der Waals surface area contributed by atoms with Crippen LogP contribution in [0.4, 0.5) is 4.79 Å². The summed E-state index contributed by atoms with van der Waals surface area (Å²) in [6, 6.07) is 9.46. The zero-order valence-corrected chi connectivity index (χ0v) is 19.9. The van der Waals surface area contributed by atoms with E-state index in [1.807, 2.05) is 39.0 Å². The van der Waals surface area contributed by atoms with Crippen LogP contribution in [0, 0.1) is 5.92 Å². The van der Waals surface area contributed by atoms with Crippen molar-refractivity contribution >= 4 is 28.0 Å². The molecule has 0 aliphatic carbocycles. The van der Waals surface area contributed by atoms with Crippen LogP contribution in [0.1, 0.15) is 32.8 Å². The molecule has 0 N–H and O–H groups in total. The average Bonchev–Trinajstić information content (AvgIpc) is 3.06. The number of esters is 1. The Kier molecular flexibility index (Phi) is 8.92. The highest BCUT2D eigenvalue weighted by atomic mass is 79.9. The summed E-state index contributed by atoms with van der Waals surface area (Å²) < 4.78 is 10.7. The maximum Gasteiger partial charge on any atom is 0.411 e. The molecule has 6 nitrogen and oxygen atoms in total. The number of carbonyl (C=O) groups is 2. The molecule has 1 saturated heterocycles. The van der Waals surface area contributed by atoms with Crippen LogP contribution in [-0.4, -0.2) is 65.1 Å². The number of nitrogens with zero attached hydrogens (tertiary/aromatic N) is 2. The summed E-state index contributed by atoms with van der Waals surface area (Å²) in [6.45, 7) is 11.2. The molecule has 1 aromatic carbocycles. The van der Waals surface area contributed by atoms with Gasteiger partial charge in [0.2, 0.25) is 0 Å². The standard InChI is InChI=1S/C23H33BrN2O4/c1-6-10-18-19(25(14-13-24)15-17-11-8-7-9-12-17)16-26(20(18)21(27)29-5)22(28)30-23(2,3)4/h6-9,11-12,18-20H,1,10,13-16H2,2-5H3/t18-,19+,20+/m1/s1. The van der Waals surface area contributed by atoms with Gasteiger partial charge in [0.1, 0.15) is 11.6 Å². The average molecular weight is 481 g/mol. The lowest BCUT2D eigenvalue weighted by Crippen LogP contribution is -2.46. The molecule has 1 fully saturated rings. The topological polar surface area (TPSA) is 59.1 Å². The van der Waals surface area contributed by atoms with Gasteiger partial charge in [-0.1, -0.05) is 52.3 Å². The Morgan fingerprint density at radius 3 is 2.50 bits per heavy atom. The number of benzene rings is 1. The fourth-order valence-corrected chi connectivity index (χ4v) is 4.43. The first kappa shape index (κ1) is 24.4. The van der Waals surface area contributed by atoms with Crippen LogP contribution >= 0.6 is 15.9 Å². The lowest BCUT2D eigenvalue weighted by Gasteiger charge is -2.32. The first-order valence-corrected chi connectivity index (χ1v) is 11.4. The van der Waals surface area contributed by atoms with Gasteiger partial charge in [-0.15, -0.1) is 6.58 Å². The largest absolute Gasteiger partial charge is 0.467 e. The fraction of sp³-hybridized carbons (Fsp3) is 0.565. The van der Waals surface area contributed by atoms with Gasteiger partial charge < -0.3 is 9.47 Å². The number of rotatable bonds is 8. The number of carbonyl (C=O) groups excluding carboxylic acids is 2. The minimum atomic E-state index is -0.707. The predicted molar refractivity (Wildman–Crippen MR) is 121 cm³/mol. The Morgan fingerprint density at radius 2 is 1.97 bits per heavy atom. The molecule has 2 rings (SSSR count). The Bertz CT molecular complexity index is 720. The van der Waals surface area contributed by atoms with Crippen LogP contribution in [-0.2, 0) is 20.8 Å². The van der Waals surface area contributed by atoms with Gasteiger partial charge in [-0.25, -0.2) is 9.59 Å². The Morgan fingerprint density at radius 1 is 1.30 bits per heavy atom. The van der Waals surface area contributed by atoms with Crippen LogP contribution < -0.4 is 0 Å². The maximum absolute atomic E-state index is 13.0. The van der Waals surface area contributed by atoms with Crippen molar-refractivity contribution in [1.82, 2.24) is 9.80 Å². The molecule has 0 saturated carbocycles. The van der Waals surface area contributed by atoms with Gasteiger partial charge in [0.25, 0.3) is 0 Å². The van der Waals surface area contributed by atoms with E-state index in [1.165, 1.54) is 17.6 Å². The minimum Gasteiger partial charge on any atom is -0.467 e. The van der Waals surface area contributed by atoms with E-state index in [0.29, 0.717) is 13.0 Å². The number of halogens is 1. The van der Waals surface area contributed by atoms with E-state index in [9.17, 15) is 9.59 Å². The van der Waals surface area contributed by atoms with E-state index in [4.69, 9.17) is 9.47 Å². The number of ether oxygens (including phenoxy) is 2. The first-order chi connectivity index (χ1) is 14.2. The van der Waals surface area contributed by atoms with Crippen molar-refractivity contribution in [2.45, 2.75) is 51.4 Å². The van der Waals surface area contributed by atoms with Gasteiger partial charge in [-0.3, -0.25) is 9.80 Å². The molecular formula is C23H33BrN2O4. The summed E-state index contributed by atoms with van der Waals surface area (Å²) in [6.07, 6.45) is 1.91. The first-order valence-electron chi connectivity index (χ1n) is 10.2. The molecule has 0 spiro atoms. The van der Waals surface area contributed by atoms with Crippen molar-refractivity contribution in [1.29, 1.82) is 0 Å². The van der Waals surface area contributed by atoms with Crippen molar-refractivity contribution in [3.05, 3.63) is 48.6 Å². The highest BCUT2D eigenvalue weighted by molar-refractivity contribution is 9.09. The predicted octanol–water partition coefficient (Wildman–Crippen LogP) is 4.24. The lowest BCUT2D eigenvalue weighted by atomic mass is 9.91. The van der Waals surface area contributed by atoms with E-state index in [2.05, 4.69) is 39.5 Å². The molecule has 166 valence electrons. The van der Waals surface area contributed by atoms with E-state index >= 15 is 0 Å². The Hall–Kier alpha value is -1.86. The van der Waals surface area contributed by atoms with E-state index < -0.39 is 23.7 Å². The highest BCUT2D eigenvalue weighted by Crippen LogP contribution is 2.34. The third-order valence-electron chi connectivity index (χ3n) is 5.20. The van der Waals surface area contributed by atoms with E-state index in [0.717, 1.165) is 18.4 Å². The molecule has 1 heterocycles. The third-order valence-corrected chi connectivity index (χ3v) is 5.55. The van der Waals surface area contributed by atoms with Crippen LogP contribution in [0.15, 0.2) is 43.0 Å². The van der Waals surface area contributed by atoms with Gasteiger partial charge in [-0.2, -0.15) is 0 Å². The number of hydrogen-bond acceptors (Lipinski definition) is 5. The van der Waals surface area contributed by atoms with Gasteiger partial charge in [0.15, 0.2) is 0 Å². The van der Waals surface area contributed by atoms with Gasteiger partial charge in [0.05, 0.1) is 7.11 Å². The molecule has 1 aliphatic heterocycles. The second-order valence-electron chi connectivity index (χ2n) is 8.50. The molecule has 1 amide bonds.